The van der Waals surface area contributed by atoms with Gasteiger partial charge in [0.25, 0.3) is 0 Å². The Balaban J connectivity index is 1.95. The highest BCUT2D eigenvalue weighted by atomic mass is 32.2. The minimum absolute atomic E-state index is 0.137. The predicted octanol–water partition coefficient (Wildman–Crippen LogP) is 3.19. The average molecular weight is 354 g/mol. The fourth-order valence-electron chi connectivity index (χ4n) is 2.98. The van der Waals surface area contributed by atoms with Crippen LogP contribution in [-0.2, 0) is 9.84 Å². The molecule has 2 unspecified atom stereocenters. The first-order chi connectivity index (χ1) is 11.1. The Kier molecular flexibility index (Phi) is 5.91. The summed E-state index contributed by atoms with van der Waals surface area (Å²) < 4.78 is 23.9. The maximum atomic E-state index is 12.4. The van der Waals surface area contributed by atoms with Crippen molar-refractivity contribution < 1.29 is 8.42 Å². The molecule has 1 N–H and O–H groups in total. The maximum Gasteiger partial charge on any atom is 0.200 e. The standard InChI is InChI=1S/C18H31N3O2S/c1-14-7-6-10-21(13-14)15(2)11-19-16-8-9-17(20-12-16)24(22,23)18(3,4)5/h8-9,12,14-15,19H,6-7,10-11,13H2,1-5H3. The number of hydrogen-bond donors (Lipinski definition) is 1. The molecule has 6 heteroatoms. The normalized spacial score (nSPS) is 21.5. The Morgan fingerprint density at radius 1 is 1.38 bits per heavy atom. The summed E-state index contributed by atoms with van der Waals surface area (Å²) in [6.07, 6.45) is 4.21. The first-order valence-electron chi connectivity index (χ1n) is 8.80. The minimum atomic E-state index is -3.39. The number of aromatic nitrogens is 1. The van der Waals surface area contributed by atoms with Crippen LogP contribution in [0.1, 0.15) is 47.5 Å². The predicted molar refractivity (Wildman–Crippen MR) is 99.1 cm³/mol. The van der Waals surface area contributed by atoms with Crippen molar-refractivity contribution in [1.82, 2.24) is 9.88 Å². The molecule has 1 aromatic rings. The van der Waals surface area contributed by atoms with Crippen molar-refractivity contribution >= 4 is 15.5 Å². The van der Waals surface area contributed by atoms with E-state index in [0.29, 0.717) is 6.04 Å². The summed E-state index contributed by atoms with van der Waals surface area (Å²) in [6, 6.07) is 3.85. The molecule has 0 bridgehead atoms. The van der Waals surface area contributed by atoms with Gasteiger partial charge in [0.2, 0.25) is 0 Å². The highest BCUT2D eigenvalue weighted by Crippen LogP contribution is 2.24. The lowest BCUT2D eigenvalue weighted by atomic mass is 9.99. The van der Waals surface area contributed by atoms with Crippen LogP contribution in [0.4, 0.5) is 5.69 Å². The zero-order valence-corrected chi connectivity index (χ0v) is 16.4. The van der Waals surface area contributed by atoms with E-state index in [1.165, 1.54) is 12.8 Å². The number of nitrogens with one attached hydrogen (secondary N) is 1. The molecule has 24 heavy (non-hydrogen) atoms. The van der Waals surface area contributed by atoms with E-state index in [0.717, 1.165) is 31.2 Å². The zero-order chi connectivity index (χ0) is 18.0. The summed E-state index contributed by atoms with van der Waals surface area (Å²) in [7, 11) is -3.39. The van der Waals surface area contributed by atoms with Gasteiger partial charge in [0.05, 0.1) is 16.6 Å². The number of piperidine rings is 1. The quantitative estimate of drug-likeness (QED) is 0.881. The lowest BCUT2D eigenvalue weighted by Crippen LogP contribution is -2.43. The molecule has 0 saturated carbocycles. The van der Waals surface area contributed by atoms with Gasteiger partial charge in [-0.25, -0.2) is 13.4 Å². The van der Waals surface area contributed by atoms with Gasteiger partial charge in [0, 0.05) is 19.1 Å². The van der Waals surface area contributed by atoms with Crippen LogP contribution in [0.2, 0.25) is 0 Å². The number of rotatable bonds is 5. The molecule has 5 nitrogen and oxygen atoms in total. The third-order valence-electron chi connectivity index (χ3n) is 4.73. The molecule has 0 aliphatic carbocycles. The molecule has 2 rings (SSSR count). The van der Waals surface area contributed by atoms with Crippen molar-refractivity contribution in [1.29, 1.82) is 0 Å². The van der Waals surface area contributed by atoms with E-state index in [9.17, 15) is 8.42 Å². The van der Waals surface area contributed by atoms with Crippen LogP contribution in [0.3, 0.4) is 0 Å². The van der Waals surface area contributed by atoms with E-state index < -0.39 is 14.6 Å². The van der Waals surface area contributed by atoms with E-state index in [-0.39, 0.29) is 5.03 Å². The third kappa shape index (κ3) is 4.48. The highest BCUT2D eigenvalue weighted by Gasteiger charge is 2.31. The van der Waals surface area contributed by atoms with Gasteiger partial charge in [-0.2, -0.15) is 0 Å². The van der Waals surface area contributed by atoms with Crippen molar-refractivity contribution in [2.45, 2.75) is 63.3 Å². The lowest BCUT2D eigenvalue weighted by molar-refractivity contribution is 0.144. The second-order valence-corrected chi connectivity index (χ2v) is 10.6. The molecule has 0 amide bonds. The maximum absolute atomic E-state index is 12.4. The van der Waals surface area contributed by atoms with Crippen LogP contribution >= 0.6 is 0 Å². The smallest absolute Gasteiger partial charge is 0.200 e. The second kappa shape index (κ2) is 7.40. The number of likely N-dealkylation sites (tertiary alicyclic amines) is 1. The third-order valence-corrected chi connectivity index (χ3v) is 7.14. The molecule has 2 heterocycles. The van der Waals surface area contributed by atoms with E-state index in [2.05, 4.69) is 29.0 Å². The molecule has 0 spiro atoms. The van der Waals surface area contributed by atoms with Gasteiger partial charge in [-0.15, -0.1) is 0 Å². The number of hydrogen-bond acceptors (Lipinski definition) is 5. The second-order valence-electron chi connectivity index (χ2n) is 7.97. The molecule has 0 aromatic carbocycles. The van der Waals surface area contributed by atoms with Crippen molar-refractivity contribution in [3.8, 4) is 0 Å². The fourth-order valence-corrected chi connectivity index (χ4v) is 4.04. The molecule has 1 saturated heterocycles. The Labute approximate surface area is 146 Å². The molecule has 1 aliphatic rings. The van der Waals surface area contributed by atoms with Crippen LogP contribution in [-0.4, -0.2) is 48.7 Å². The van der Waals surface area contributed by atoms with Crippen LogP contribution in [0.25, 0.3) is 0 Å². The molecule has 1 aromatic heterocycles. The van der Waals surface area contributed by atoms with E-state index in [1.807, 2.05) is 0 Å². The van der Waals surface area contributed by atoms with Crippen molar-refractivity contribution in [2.24, 2.45) is 5.92 Å². The van der Waals surface area contributed by atoms with Crippen molar-refractivity contribution in [2.75, 3.05) is 25.0 Å². The van der Waals surface area contributed by atoms with Gasteiger partial charge < -0.3 is 5.32 Å². The van der Waals surface area contributed by atoms with Gasteiger partial charge in [0.15, 0.2) is 14.9 Å². The van der Waals surface area contributed by atoms with E-state index in [4.69, 9.17) is 0 Å². The Morgan fingerprint density at radius 2 is 2.08 bits per heavy atom. The minimum Gasteiger partial charge on any atom is -0.382 e. The Bertz CT molecular complexity index is 635. The molecule has 0 radical (unpaired) electrons. The summed E-state index contributed by atoms with van der Waals surface area (Å²) in [5, 5.41) is 3.51. The van der Waals surface area contributed by atoms with E-state index in [1.54, 1.807) is 39.1 Å². The van der Waals surface area contributed by atoms with E-state index >= 15 is 0 Å². The van der Waals surface area contributed by atoms with Gasteiger partial charge in [-0.1, -0.05) is 6.92 Å². The first-order valence-corrected chi connectivity index (χ1v) is 10.3. The lowest BCUT2D eigenvalue weighted by Gasteiger charge is -2.35. The molecular formula is C18H31N3O2S. The summed E-state index contributed by atoms with van der Waals surface area (Å²) in [4.78, 5) is 6.68. The average Bonchev–Trinajstić information content (AvgIpc) is 2.52. The first kappa shape index (κ1) is 19.2. The highest BCUT2D eigenvalue weighted by molar-refractivity contribution is 7.92. The molecule has 136 valence electrons. The monoisotopic (exact) mass is 353 g/mol. The Morgan fingerprint density at radius 3 is 2.62 bits per heavy atom. The molecular weight excluding hydrogens is 322 g/mol. The number of pyridine rings is 1. The summed E-state index contributed by atoms with van der Waals surface area (Å²) in [6.45, 7) is 12.8. The van der Waals surface area contributed by atoms with Crippen LogP contribution in [0.5, 0.6) is 0 Å². The van der Waals surface area contributed by atoms with Gasteiger partial charge in [0.1, 0.15) is 0 Å². The van der Waals surface area contributed by atoms with Gasteiger partial charge >= 0.3 is 0 Å². The number of anilines is 1. The SMILES string of the molecule is CC1CCCN(C(C)CNc2ccc(S(=O)(=O)C(C)(C)C)nc2)C1. The largest absolute Gasteiger partial charge is 0.382 e. The van der Waals surface area contributed by atoms with Gasteiger partial charge in [-0.05, 0) is 65.1 Å². The Hall–Kier alpha value is -1.14. The number of nitrogens with zero attached hydrogens (tertiary/aromatic N) is 2. The number of sulfone groups is 1. The van der Waals surface area contributed by atoms with Crippen molar-refractivity contribution in [3.63, 3.8) is 0 Å². The van der Waals surface area contributed by atoms with Gasteiger partial charge in [-0.3, -0.25) is 4.90 Å². The fraction of sp³-hybridized carbons (Fsp3) is 0.722. The van der Waals surface area contributed by atoms with Crippen LogP contribution in [0, 0.1) is 5.92 Å². The topological polar surface area (TPSA) is 62.3 Å². The van der Waals surface area contributed by atoms with Crippen molar-refractivity contribution in [3.05, 3.63) is 18.3 Å². The summed E-state index contributed by atoms with van der Waals surface area (Å²) in [5.74, 6) is 0.768. The summed E-state index contributed by atoms with van der Waals surface area (Å²) in [5.41, 5.74) is 0.861. The molecule has 2 atom stereocenters. The molecule has 1 aliphatic heterocycles. The molecule has 1 fully saturated rings. The van der Waals surface area contributed by atoms with Crippen LogP contribution in [0.15, 0.2) is 23.4 Å². The zero-order valence-electron chi connectivity index (χ0n) is 15.5. The van der Waals surface area contributed by atoms with Crippen LogP contribution < -0.4 is 5.32 Å². The summed E-state index contributed by atoms with van der Waals surface area (Å²) >= 11 is 0.